The van der Waals surface area contributed by atoms with E-state index in [-0.39, 0.29) is 58.9 Å². The van der Waals surface area contributed by atoms with Crippen LogP contribution in [0.15, 0.2) is 112 Å². The first kappa shape index (κ1) is 56.7. The van der Waals surface area contributed by atoms with Gasteiger partial charge < -0.3 is 129 Å². The molecule has 10 rings (SSSR count). The molecule has 0 aromatic rings. The summed E-state index contributed by atoms with van der Waals surface area (Å²) in [7, 11) is 0. The summed E-state index contributed by atoms with van der Waals surface area (Å²) in [5, 5.41) is 143. The number of aliphatic hydroxyl groups is 15. The Balaban J connectivity index is 0.000000183. The van der Waals surface area contributed by atoms with Crippen LogP contribution in [0.2, 0.25) is 0 Å². The fourth-order valence-corrected chi connectivity index (χ4v) is 7.88. The van der Waals surface area contributed by atoms with Gasteiger partial charge in [-0.25, -0.2) is 25.0 Å². The summed E-state index contributed by atoms with van der Waals surface area (Å²) in [5.41, 5.74) is 26.8. The molecule has 5 saturated heterocycles. The molecular weight excluding hydrogens is 1140 g/mol. The molecule has 470 valence electrons. The molecule has 85 heavy (non-hydrogen) atoms. The molecule has 40 heteroatoms. The molecular formula is C45H70N20O20. The molecule has 25 N–H and O–H groups in total. The van der Waals surface area contributed by atoms with E-state index in [1.54, 1.807) is 0 Å². The third-order valence-corrected chi connectivity index (χ3v) is 12.3. The minimum atomic E-state index is -2.80. The first-order valence-corrected chi connectivity index (χ1v) is 24.3. The highest BCUT2D eigenvalue weighted by Gasteiger charge is 2.50. The maximum absolute atomic E-state index is 9.99. The first-order chi connectivity index (χ1) is 42.6. The normalized spacial score (nSPS) is 43.2. The number of nitrogens with two attached hydrogens (primary N) is 5. The van der Waals surface area contributed by atoms with Crippen LogP contribution in [-0.2, 0) is 23.7 Å². The largest absolute Gasteiger partial charge is 0.394 e. The Morgan fingerprint density at radius 3 is 1.04 bits per heavy atom. The van der Waals surface area contributed by atoms with Crippen LogP contribution in [0.25, 0.3) is 0 Å². The summed E-state index contributed by atoms with van der Waals surface area (Å²) >= 11 is 0. The second kappa shape index (κ2) is 29.1. The summed E-state index contributed by atoms with van der Waals surface area (Å²) in [4.78, 5) is 42.7. The summed E-state index contributed by atoms with van der Waals surface area (Å²) in [6, 6.07) is 0. The van der Waals surface area contributed by atoms with Crippen molar-refractivity contribution in [2.75, 3.05) is 33.0 Å². The van der Waals surface area contributed by atoms with Crippen molar-refractivity contribution in [3.63, 3.8) is 0 Å². The van der Waals surface area contributed by atoms with Gasteiger partial charge in [0, 0.05) is 0 Å². The molecule has 40 nitrogen and oxygen atoms in total. The molecule has 0 radical (unpaired) electrons. The molecule has 0 aromatic carbocycles. The summed E-state index contributed by atoms with van der Waals surface area (Å²) < 4.78 is 79.1. The number of hydrogen-bond donors (Lipinski definition) is 20. The van der Waals surface area contributed by atoms with E-state index in [0.717, 1.165) is 22.5 Å². The highest BCUT2D eigenvalue weighted by molar-refractivity contribution is 5.91. The van der Waals surface area contributed by atoms with Crippen molar-refractivity contribution in [2.45, 2.75) is 123 Å². The average Bonchev–Trinajstić information content (AvgIpc) is 1.56. The fraction of sp³-hybridized carbons (Fsp3) is 0.556. The zero-order chi connectivity index (χ0) is 69.3. The monoisotopic (exact) mass is 1220 g/mol. The molecule has 10 aliphatic rings. The topological polar surface area (TPSA) is 620 Å². The lowest BCUT2D eigenvalue weighted by atomic mass is 10.1. The minimum absolute atomic E-state index is 0.00331. The zero-order valence-corrected chi connectivity index (χ0v) is 44.3. The van der Waals surface area contributed by atoms with Gasteiger partial charge >= 0.3 is 0 Å². The second-order valence-corrected chi connectivity index (χ2v) is 17.9. The van der Waals surface area contributed by atoms with Crippen molar-refractivity contribution in [1.82, 2.24) is 24.5 Å². The lowest BCUT2D eigenvalue weighted by Gasteiger charge is -2.29. The van der Waals surface area contributed by atoms with E-state index in [9.17, 15) is 56.2 Å². The molecule has 0 aromatic heterocycles. The number of aliphatic imine (C=N–C) groups is 10. The van der Waals surface area contributed by atoms with Crippen LogP contribution in [0.4, 0.5) is 0 Å². The van der Waals surface area contributed by atoms with Crippen molar-refractivity contribution < 1.29 is 110 Å². The van der Waals surface area contributed by atoms with Gasteiger partial charge in [0.1, 0.15) is 152 Å². The van der Waals surface area contributed by atoms with E-state index < -0.39 is 156 Å². The summed E-state index contributed by atoms with van der Waals surface area (Å²) in [6.07, 6.45) is -26.7. The number of rotatable bonds is 10. The van der Waals surface area contributed by atoms with E-state index in [2.05, 4.69) is 82.8 Å². The standard InChI is InChI=1S/5C9H14N4O4/c5*1-4-12-9(10)11-3-13(4)8-7(16)6(15)5(2-14)17-8/h5*3,5-8,14-16H,1-2H2,(H2,10,12)/t5*5-,6+,7?,8-/m11111/s1/i7D,8D;8D;6D;5D;2D2. The molecule has 5 fully saturated rings. The van der Waals surface area contributed by atoms with Gasteiger partial charge in [-0.05, 0) is 0 Å². The molecule has 20 atom stereocenters. The Bertz CT molecular complexity index is 3080. The smallest absolute Gasteiger partial charge is 0.223 e. The van der Waals surface area contributed by atoms with Gasteiger partial charge in [-0.15, -0.1) is 0 Å². The first-order valence-electron chi connectivity index (χ1n) is 27.8. The predicted octanol–water partition coefficient (Wildman–Crippen LogP) is -12.2. The van der Waals surface area contributed by atoms with Gasteiger partial charge in [-0.2, -0.15) is 25.0 Å². The Morgan fingerprint density at radius 1 is 0.376 bits per heavy atom. The third kappa shape index (κ3) is 15.2. The van der Waals surface area contributed by atoms with Crippen molar-refractivity contribution in [3.05, 3.63) is 62.0 Å². The van der Waals surface area contributed by atoms with Crippen LogP contribution in [0.3, 0.4) is 0 Å². The van der Waals surface area contributed by atoms with Crippen LogP contribution < -0.4 is 28.7 Å². The van der Waals surface area contributed by atoms with E-state index in [4.69, 9.17) is 82.4 Å². The minimum Gasteiger partial charge on any atom is -0.394 e. The van der Waals surface area contributed by atoms with Crippen LogP contribution in [0.1, 0.15) is 9.60 Å². The van der Waals surface area contributed by atoms with Crippen molar-refractivity contribution in [1.29, 1.82) is 0 Å². The zero-order valence-electron chi connectivity index (χ0n) is 51.3. The van der Waals surface area contributed by atoms with Crippen molar-refractivity contribution in [3.8, 4) is 0 Å². The highest BCUT2D eigenvalue weighted by Crippen LogP contribution is 2.31. The molecule has 0 bridgehead atoms. The summed E-state index contributed by atoms with van der Waals surface area (Å²) in [6.45, 7) is 12.5. The fourth-order valence-electron chi connectivity index (χ4n) is 7.88. The molecule has 10 heterocycles. The maximum Gasteiger partial charge on any atom is 0.223 e. The highest BCUT2D eigenvalue weighted by atomic mass is 16.6. The van der Waals surface area contributed by atoms with Gasteiger partial charge in [0.25, 0.3) is 0 Å². The van der Waals surface area contributed by atoms with E-state index in [1.165, 1.54) is 33.7 Å². The molecule has 10 aliphatic heterocycles. The van der Waals surface area contributed by atoms with Crippen LogP contribution in [0, 0.1) is 0 Å². The van der Waals surface area contributed by atoms with Gasteiger partial charge in [0.15, 0.2) is 31.1 Å². The molecule has 0 aliphatic carbocycles. The van der Waals surface area contributed by atoms with E-state index in [1.807, 2.05) is 0 Å². The summed E-state index contributed by atoms with van der Waals surface area (Å²) in [5.74, 6) is 0.226. The maximum atomic E-state index is 9.99. The van der Waals surface area contributed by atoms with Crippen molar-refractivity contribution in [2.24, 2.45) is 78.6 Å². The quantitative estimate of drug-likeness (QED) is 0.0966. The average molecular weight is 1220 g/mol. The van der Waals surface area contributed by atoms with Crippen LogP contribution in [0.5, 0.6) is 0 Å². The molecule has 0 spiro atoms. The Hall–Kier alpha value is -7.40. The second-order valence-electron chi connectivity index (χ2n) is 17.9. The Morgan fingerprint density at radius 2 is 0.706 bits per heavy atom. The molecule has 5 unspecified atom stereocenters. The van der Waals surface area contributed by atoms with Gasteiger partial charge in [0.2, 0.25) is 29.8 Å². The van der Waals surface area contributed by atoms with Gasteiger partial charge in [-0.3, -0.25) is 24.5 Å². The van der Waals surface area contributed by atoms with Gasteiger partial charge in [0.05, 0.1) is 42.6 Å². The number of hydrogen-bond acceptors (Lipinski definition) is 40. The number of aliphatic hydroxyl groups excluding tert-OH is 12. The SMILES string of the molecule is [2H]C([2H])(O)[C@H]1O[C@@H](N2C=NC(N)=NC2=C)C(O)[C@H]1O.[2H]C1(O)[C@@H](O)[C@@H](CO)O[C@@]1([2H])N1C=NC(N)=NC1=C.[2H][C@@]1(N2C=NC(N)=NC2=C)O[C@H](CO)[C@H](O)C1O.[2H][C@@]1(O)C(O)[C@H](N2C=NC(N)=NC2=C)O[C@@H]1CO.[2H][C@]1(CO)O[C@@H](N2C=NC(N)=NC2=C)C(O)[C@H]1O. The molecule has 0 amide bonds. The number of ether oxygens (including phenoxy) is 5. The van der Waals surface area contributed by atoms with Crippen LogP contribution >= 0.6 is 0 Å². The van der Waals surface area contributed by atoms with Crippen LogP contribution in [-0.4, -0.2) is 318 Å². The van der Waals surface area contributed by atoms with E-state index >= 15 is 0 Å². The van der Waals surface area contributed by atoms with E-state index in [0.29, 0.717) is 0 Å². The number of nitrogens with zero attached hydrogens (tertiary/aromatic N) is 15. The third-order valence-electron chi connectivity index (χ3n) is 12.3. The Labute approximate surface area is 491 Å². The lowest BCUT2D eigenvalue weighted by Crippen LogP contribution is -2.44. The predicted molar refractivity (Wildman–Crippen MR) is 294 cm³/mol. The Kier molecular flexibility index (Phi) is 19.4. The van der Waals surface area contributed by atoms with Gasteiger partial charge in [-0.1, -0.05) is 32.9 Å². The molecule has 0 saturated carbocycles. The number of guanidine groups is 5. The lowest BCUT2D eigenvalue weighted by molar-refractivity contribution is -0.0607. The van der Waals surface area contributed by atoms with Crippen molar-refractivity contribution >= 4 is 61.5 Å².